The van der Waals surface area contributed by atoms with Gasteiger partial charge in [-0.1, -0.05) is 129 Å². The van der Waals surface area contributed by atoms with Crippen molar-refractivity contribution in [2.75, 3.05) is 13.2 Å². The van der Waals surface area contributed by atoms with Crippen LogP contribution in [0.5, 0.6) is 0 Å². The summed E-state index contributed by atoms with van der Waals surface area (Å²) in [6.45, 7) is 4.98. The van der Waals surface area contributed by atoms with Gasteiger partial charge in [0, 0.05) is 0 Å². The van der Waals surface area contributed by atoms with E-state index in [0.717, 1.165) is 38.5 Å². The second-order valence-corrected chi connectivity index (χ2v) is 9.70. The molecule has 29 heavy (non-hydrogen) atoms. The Balaban J connectivity index is 3.32. The molecule has 0 amide bonds. The van der Waals surface area contributed by atoms with Crippen LogP contribution in [-0.4, -0.2) is 21.6 Å². The molecule has 0 radical (unpaired) electrons. The van der Waals surface area contributed by atoms with Crippen LogP contribution in [0.4, 0.5) is 0 Å². The van der Waals surface area contributed by atoms with Gasteiger partial charge in [0.05, 0.1) is 13.2 Å². The Morgan fingerprint density at radius 3 is 0.931 bits per heavy atom. The summed E-state index contributed by atoms with van der Waals surface area (Å²) in [7, 11) is -3.80. The largest absolute Gasteiger partial charge is 0.399 e. The van der Waals surface area contributed by atoms with Crippen LogP contribution in [0.1, 0.15) is 142 Å². The molecule has 0 aromatic carbocycles. The number of hydrogen-bond donors (Lipinski definition) is 0. The average Bonchev–Trinajstić information content (AvgIpc) is 2.70. The molecule has 0 aliphatic carbocycles. The van der Waals surface area contributed by atoms with Gasteiger partial charge in [0.1, 0.15) is 0 Å². The van der Waals surface area contributed by atoms with Gasteiger partial charge in [-0.25, -0.2) is 8.37 Å². The fraction of sp³-hybridized carbons (Fsp3) is 1.00. The lowest BCUT2D eigenvalue weighted by Crippen LogP contribution is -2.12. The molecule has 5 heteroatoms. The fourth-order valence-corrected chi connectivity index (χ4v) is 4.25. The molecule has 0 saturated carbocycles. The molecule has 4 nitrogen and oxygen atoms in total. The summed E-state index contributed by atoms with van der Waals surface area (Å²) in [6, 6.07) is 0. The minimum absolute atomic E-state index is 0.247. The van der Waals surface area contributed by atoms with E-state index < -0.39 is 10.4 Å². The standard InChI is InChI=1S/C24H50O4S/c1-3-5-7-9-11-13-15-17-19-21-23-27-29(25,26)28-24-22-20-18-16-14-12-10-8-6-4-2/h3-24H2,1-2H3. The van der Waals surface area contributed by atoms with Crippen LogP contribution in [0.15, 0.2) is 0 Å². The molecule has 0 saturated heterocycles. The molecule has 0 atom stereocenters. The molecule has 0 bridgehead atoms. The summed E-state index contributed by atoms with van der Waals surface area (Å²) in [5.74, 6) is 0. The lowest BCUT2D eigenvalue weighted by Gasteiger charge is -2.06. The van der Waals surface area contributed by atoms with Gasteiger partial charge in [-0.05, 0) is 12.8 Å². The third-order valence-electron chi connectivity index (χ3n) is 5.45. The van der Waals surface area contributed by atoms with Crippen molar-refractivity contribution in [3.05, 3.63) is 0 Å². The first-order valence-electron chi connectivity index (χ1n) is 12.7. The minimum atomic E-state index is -3.80. The van der Waals surface area contributed by atoms with Crippen molar-refractivity contribution in [3.8, 4) is 0 Å². The highest BCUT2D eigenvalue weighted by Crippen LogP contribution is 2.12. The molecule has 0 aliphatic heterocycles. The Labute approximate surface area is 182 Å². The molecule has 176 valence electrons. The maximum absolute atomic E-state index is 11.7. The zero-order valence-corrected chi connectivity index (χ0v) is 20.4. The van der Waals surface area contributed by atoms with E-state index in [2.05, 4.69) is 13.8 Å². The van der Waals surface area contributed by atoms with E-state index in [9.17, 15) is 8.42 Å². The van der Waals surface area contributed by atoms with Gasteiger partial charge in [0.15, 0.2) is 0 Å². The van der Waals surface area contributed by atoms with E-state index in [-0.39, 0.29) is 13.2 Å². The zero-order valence-electron chi connectivity index (χ0n) is 19.6. The Kier molecular flexibility index (Phi) is 22.5. The van der Waals surface area contributed by atoms with E-state index in [1.165, 1.54) is 89.9 Å². The van der Waals surface area contributed by atoms with Gasteiger partial charge in [0.25, 0.3) is 0 Å². The maximum atomic E-state index is 11.7. The van der Waals surface area contributed by atoms with E-state index in [1.54, 1.807) is 0 Å². The molecule has 0 aliphatic rings. The predicted octanol–water partition coefficient (Wildman–Crippen LogP) is 8.11. The van der Waals surface area contributed by atoms with Gasteiger partial charge in [-0.2, -0.15) is 8.42 Å². The van der Waals surface area contributed by atoms with Gasteiger partial charge in [0.2, 0.25) is 0 Å². The van der Waals surface area contributed by atoms with Crippen LogP contribution in [0.3, 0.4) is 0 Å². The highest BCUT2D eigenvalue weighted by atomic mass is 32.3. The third kappa shape index (κ3) is 24.0. The van der Waals surface area contributed by atoms with Crippen LogP contribution < -0.4 is 0 Å². The van der Waals surface area contributed by atoms with E-state index in [4.69, 9.17) is 8.37 Å². The Bertz CT molecular complexity index is 377. The maximum Gasteiger partial charge on any atom is 0.399 e. The van der Waals surface area contributed by atoms with Crippen molar-refractivity contribution < 1.29 is 16.8 Å². The van der Waals surface area contributed by atoms with Crippen molar-refractivity contribution >= 4 is 10.4 Å². The van der Waals surface area contributed by atoms with Crippen LogP contribution in [0, 0.1) is 0 Å². The first-order valence-corrected chi connectivity index (χ1v) is 14.0. The monoisotopic (exact) mass is 434 g/mol. The molecule has 0 unspecified atom stereocenters. The molecule has 0 rings (SSSR count). The average molecular weight is 435 g/mol. The highest BCUT2D eigenvalue weighted by Gasteiger charge is 2.11. The summed E-state index contributed by atoms with van der Waals surface area (Å²) in [5.41, 5.74) is 0. The first kappa shape index (κ1) is 28.9. The second-order valence-electron chi connectivity index (χ2n) is 8.42. The van der Waals surface area contributed by atoms with Crippen molar-refractivity contribution in [3.63, 3.8) is 0 Å². The molecule has 0 fully saturated rings. The minimum Gasteiger partial charge on any atom is -0.248 e. The van der Waals surface area contributed by atoms with Gasteiger partial charge < -0.3 is 0 Å². The van der Waals surface area contributed by atoms with E-state index >= 15 is 0 Å². The fourth-order valence-electron chi connectivity index (χ4n) is 3.53. The first-order chi connectivity index (χ1) is 14.1. The summed E-state index contributed by atoms with van der Waals surface area (Å²) in [4.78, 5) is 0. The van der Waals surface area contributed by atoms with Crippen LogP contribution in [0.2, 0.25) is 0 Å². The molecule has 0 spiro atoms. The smallest absolute Gasteiger partial charge is 0.248 e. The number of hydrogen-bond acceptors (Lipinski definition) is 4. The van der Waals surface area contributed by atoms with E-state index in [1.807, 2.05) is 0 Å². The Morgan fingerprint density at radius 1 is 0.414 bits per heavy atom. The van der Waals surface area contributed by atoms with Crippen molar-refractivity contribution in [1.29, 1.82) is 0 Å². The SMILES string of the molecule is CCCCCCCCCCCCOS(=O)(=O)OCCCCCCCCCCCC. The molecule has 0 heterocycles. The molecule has 0 aromatic heterocycles. The number of rotatable bonds is 24. The van der Waals surface area contributed by atoms with Gasteiger partial charge in [-0.15, -0.1) is 0 Å². The quantitative estimate of drug-likeness (QED) is 0.144. The molecular weight excluding hydrogens is 384 g/mol. The Hall–Kier alpha value is -0.130. The molecule has 0 N–H and O–H groups in total. The number of unbranched alkanes of at least 4 members (excludes halogenated alkanes) is 18. The predicted molar refractivity (Wildman–Crippen MR) is 125 cm³/mol. The van der Waals surface area contributed by atoms with Crippen molar-refractivity contribution in [2.45, 2.75) is 142 Å². The summed E-state index contributed by atoms with van der Waals surface area (Å²) >= 11 is 0. The topological polar surface area (TPSA) is 52.6 Å². The van der Waals surface area contributed by atoms with E-state index in [0.29, 0.717) is 0 Å². The zero-order chi connectivity index (χ0) is 21.5. The normalized spacial score (nSPS) is 11.9. The second kappa shape index (κ2) is 22.6. The molecular formula is C24H50O4S. The van der Waals surface area contributed by atoms with Crippen LogP contribution in [-0.2, 0) is 18.8 Å². The Morgan fingerprint density at radius 2 is 0.655 bits per heavy atom. The van der Waals surface area contributed by atoms with Gasteiger partial charge >= 0.3 is 10.4 Å². The van der Waals surface area contributed by atoms with Gasteiger partial charge in [-0.3, -0.25) is 0 Å². The lowest BCUT2D eigenvalue weighted by molar-refractivity contribution is 0.208. The lowest BCUT2D eigenvalue weighted by atomic mass is 10.1. The van der Waals surface area contributed by atoms with Crippen molar-refractivity contribution in [1.82, 2.24) is 0 Å². The third-order valence-corrected chi connectivity index (χ3v) is 6.36. The van der Waals surface area contributed by atoms with Crippen molar-refractivity contribution in [2.24, 2.45) is 0 Å². The summed E-state index contributed by atoms with van der Waals surface area (Å²) < 4.78 is 33.3. The summed E-state index contributed by atoms with van der Waals surface area (Å²) in [5, 5.41) is 0. The van der Waals surface area contributed by atoms with Crippen LogP contribution in [0.25, 0.3) is 0 Å². The van der Waals surface area contributed by atoms with Crippen LogP contribution >= 0.6 is 0 Å². The summed E-state index contributed by atoms with van der Waals surface area (Å²) in [6.07, 6.45) is 24.4. The molecule has 0 aromatic rings. The highest BCUT2D eigenvalue weighted by molar-refractivity contribution is 7.81.